The number of hydrogen-bond acceptors (Lipinski definition) is 7. The quantitative estimate of drug-likeness (QED) is 0.627. The second-order valence-electron chi connectivity index (χ2n) is 5.99. The van der Waals surface area contributed by atoms with E-state index in [-0.39, 0.29) is 0 Å². The van der Waals surface area contributed by atoms with Crippen molar-refractivity contribution in [2.45, 2.75) is 58.5 Å². The Morgan fingerprint density at radius 1 is 1.36 bits per heavy atom. The molecule has 0 spiro atoms. The summed E-state index contributed by atoms with van der Waals surface area (Å²) < 4.78 is 14.9. The van der Waals surface area contributed by atoms with Gasteiger partial charge in [0.1, 0.15) is 16.7 Å². The summed E-state index contributed by atoms with van der Waals surface area (Å²) in [5.74, 6) is -0.925. The van der Waals surface area contributed by atoms with Crippen LogP contribution in [0.4, 0.5) is 4.79 Å². The maximum Gasteiger partial charge on any atom is 0.511 e. The molecular weight excluding hydrogens is 298 g/mol. The Labute approximate surface area is 126 Å². The van der Waals surface area contributed by atoms with Crippen LogP contribution in [-0.4, -0.2) is 51.7 Å². The number of ether oxygens (including phenoxy) is 2. The largest absolute Gasteiger partial charge is 0.511 e. The van der Waals surface area contributed by atoms with E-state index in [2.05, 4.69) is 0 Å². The second-order valence-corrected chi connectivity index (χ2v) is 5.99. The number of rotatable bonds is 5. The summed E-state index contributed by atoms with van der Waals surface area (Å²) in [6, 6.07) is -0.657. The summed E-state index contributed by atoms with van der Waals surface area (Å²) in [6.45, 7) is 7.18. The van der Waals surface area contributed by atoms with E-state index in [1.165, 1.54) is 16.9 Å². The molecule has 2 atom stereocenters. The lowest BCUT2D eigenvalue weighted by Gasteiger charge is -2.20. The molecule has 1 aromatic rings. The monoisotopic (exact) mass is 319 g/mol. The third-order valence-electron chi connectivity index (χ3n) is 2.88. The summed E-state index contributed by atoms with van der Waals surface area (Å²) in [5.41, 5.74) is -0.663. The predicted octanol–water partition coefficient (Wildman–Crippen LogP) is 0.794. The van der Waals surface area contributed by atoms with E-state index in [1.54, 1.807) is 20.8 Å². The number of aromatic nitrogens is 2. The molecule has 1 aliphatic rings. The highest BCUT2D eigenvalue weighted by Gasteiger charge is 2.37. The minimum absolute atomic E-state index is 0.535. The molecule has 0 aliphatic carbocycles. The number of carbonyl (C=O) groups is 2. The maximum absolute atomic E-state index is 11.5. The highest BCUT2D eigenvalue weighted by Crippen LogP contribution is 2.18. The molecule has 0 amide bonds. The minimum Gasteiger partial charge on any atom is -0.480 e. The smallest absolute Gasteiger partial charge is 0.480 e. The standard InChI is InChI=1S/C12H21N3O7/c1-8(19-11(18)20-12(2,3)4)21-15-14(22-15)13-7-5-6-9(13)10(16)17/h8-9H,5-7H2,1-4H3,(H,16,17). The average Bonchev–Trinajstić information content (AvgIpc) is 2.91. The number of aliphatic carboxylic acids is 1. The maximum atomic E-state index is 11.5. The summed E-state index contributed by atoms with van der Waals surface area (Å²) in [7, 11) is 0. The van der Waals surface area contributed by atoms with Gasteiger partial charge in [0.05, 0.1) is 4.96 Å². The van der Waals surface area contributed by atoms with E-state index in [9.17, 15) is 9.59 Å². The molecule has 10 nitrogen and oxygen atoms in total. The first kappa shape index (κ1) is 16.1. The van der Waals surface area contributed by atoms with Crippen molar-refractivity contribution in [3.63, 3.8) is 0 Å². The van der Waals surface area contributed by atoms with Crippen molar-refractivity contribution >= 4 is 12.1 Å². The molecule has 2 heterocycles. The second kappa shape index (κ2) is 5.85. The topological polar surface area (TPSA) is 108 Å². The van der Waals surface area contributed by atoms with Crippen LogP contribution in [0, 0.1) is 0 Å². The lowest BCUT2D eigenvalue weighted by Crippen LogP contribution is -2.43. The zero-order chi connectivity index (χ0) is 16.5. The van der Waals surface area contributed by atoms with Crippen molar-refractivity contribution in [3.8, 4) is 0 Å². The lowest BCUT2D eigenvalue weighted by molar-refractivity contribution is -0.142. The predicted molar refractivity (Wildman–Crippen MR) is 71.8 cm³/mol. The number of hydrogen-bond donors (Lipinski definition) is 1. The van der Waals surface area contributed by atoms with Gasteiger partial charge in [0.25, 0.3) is 6.29 Å². The Balaban J connectivity index is 1.82. The highest BCUT2D eigenvalue weighted by atomic mass is 17.0. The molecule has 2 unspecified atom stereocenters. The van der Waals surface area contributed by atoms with E-state index in [0.717, 1.165) is 11.4 Å². The lowest BCUT2D eigenvalue weighted by atomic mass is 10.2. The fourth-order valence-electron chi connectivity index (χ4n) is 2.01. The Bertz CT molecular complexity index is 524. The van der Waals surface area contributed by atoms with Gasteiger partial charge in [-0.15, -0.1) is 0 Å². The molecule has 1 aliphatic heterocycles. The molecule has 0 radical (unpaired) electrons. The van der Waals surface area contributed by atoms with Crippen molar-refractivity contribution in [2.24, 2.45) is 0 Å². The molecule has 2 rings (SSSR count). The molecule has 0 aromatic carbocycles. The van der Waals surface area contributed by atoms with Crippen molar-refractivity contribution in [2.75, 3.05) is 11.6 Å². The van der Waals surface area contributed by atoms with E-state index in [4.69, 9.17) is 24.0 Å². The van der Waals surface area contributed by atoms with Crippen molar-refractivity contribution < 1.29 is 33.6 Å². The van der Waals surface area contributed by atoms with Gasteiger partial charge in [-0.1, -0.05) is 0 Å². The van der Waals surface area contributed by atoms with E-state index < -0.39 is 30.1 Å². The molecular formula is C12H21N3O7. The van der Waals surface area contributed by atoms with Gasteiger partial charge in [0.2, 0.25) is 0 Å². The van der Waals surface area contributed by atoms with Crippen LogP contribution >= 0.6 is 0 Å². The van der Waals surface area contributed by atoms with Gasteiger partial charge in [-0.3, -0.25) is 0 Å². The molecule has 22 heavy (non-hydrogen) atoms. The van der Waals surface area contributed by atoms with Gasteiger partial charge in [0.15, 0.2) is 0 Å². The fraction of sp³-hybridized carbons (Fsp3) is 0.833. The Kier molecular flexibility index (Phi) is 4.29. The molecule has 10 heteroatoms. The van der Waals surface area contributed by atoms with Crippen molar-refractivity contribution in [3.05, 3.63) is 0 Å². The van der Waals surface area contributed by atoms with Crippen LogP contribution in [-0.2, 0) is 14.3 Å². The van der Waals surface area contributed by atoms with Gasteiger partial charge < -0.3 is 19.4 Å². The van der Waals surface area contributed by atoms with Crippen LogP contribution in [0.1, 0.15) is 40.5 Å². The molecule has 1 fully saturated rings. The molecule has 0 bridgehead atoms. The van der Waals surface area contributed by atoms with Crippen molar-refractivity contribution in [1.29, 1.82) is 0 Å². The molecule has 1 N–H and O–H groups in total. The number of carbonyl (C=O) groups excluding carboxylic acids is 1. The van der Waals surface area contributed by atoms with Crippen LogP contribution in [0.25, 0.3) is 0 Å². The average molecular weight is 319 g/mol. The van der Waals surface area contributed by atoms with Crippen LogP contribution in [0.2, 0.25) is 0 Å². The molecule has 1 saturated heterocycles. The van der Waals surface area contributed by atoms with Gasteiger partial charge in [-0.2, -0.15) is 4.63 Å². The fourth-order valence-corrected chi connectivity index (χ4v) is 2.01. The van der Waals surface area contributed by atoms with Crippen LogP contribution in [0.5, 0.6) is 0 Å². The third-order valence-corrected chi connectivity index (χ3v) is 2.88. The number of nitrogens with zero attached hydrogens (tertiary/aromatic N) is 3. The van der Waals surface area contributed by atoms with Crippen LogP contribution in [0.15, 0.2) is 4.63 Å². The third kappa shape index (κ3) is 4.12. The zero-order valence-electron chi connectivity index (χ0n) is 13.0. The molecule has 126 valence electrons. The summed E-state index contributed by atoms with van der Waals surface area (Å²) >= 11 is 0. The minimum atomic E-state index is -0.953. The van der Waals surface area contributed by atoms with Gasteiger partial charge in [-0.05, 0) is 33.6 Å². The molecule has 1 aromatic heterocycles. The van der Waals surface area contributed by atoms with Gasteiger partial charge in [-0.25, -0.2) is 14.6 Å². The first-order valence-corrected chi connectivity index (χ1v) is 7.01. The van der Waals surface area contributed by atoms with E-state index in [1.807, 2.05) is 0 Å². The van der Waals surface area contributed by atoms with Gasteiger partial charge >= 0.3 is 12.1 Å². The zero-order valence-corrected chi connectivity index (χ0v) is 13.0. The van der Waals surface area contributed by atoms with Crippen molar-refractivity contribution in [1.82, 2.24) is 9.98 Å². The Morgan fingerprint density at radius 3 is 2.64 bits per heavy atom. The van der Waals surface area contributed by atoms with E-state index in [0.29, 0.717) is 13.0 Å². The van der Waals surface area contributed by atoms with E-state index >= 15 is 0 Å². The Hall–Kier alpha value is -2.26. The normalized spacial score (nSPS) is 20.0. The van der Waals surface area contributed by atoms with Crippen LogP contribution < -0.4 is 9.85 Å². The number of carboxylic acid groups (broad SMARTS) is 1. The Morgan fingerprint density at radius 2 is 2.05 bits per heavy atom. The summed E-state index contributed by atoms with van der Waals surface area (Å²) in [6.07, 6.45) is -0.537. The summed E-state index contributed by atoms with van der Waals surface area (Å²) in [5, 5.41) is 11.6. The number of carboxylic acids is 1. The highest BCUT2D eigenvalue weighted by molar-refractivity contribution is 5.75. The van der Waals surface area contributed by atoms with Crippen LogP contribution in [0.3, 0.4) is 0 Å². The first-order chi connectivity index (χ1) is 10.2. The molecule has 0 saturated carbocycles. The van der Waals surface area contributed by atoms with Gasteiger partial charge in [0, 0.05) is 13.5 Å². The SMILES string of the molecule is CC(OC(=O)OC(C)(C)C)On1on1N1CCCC1C(=O)O. The first-order valence-electron chi connectivity index (χ1n) is 7.01. The summed E-state index contributed by atoms with van der Waals surface area (Å²) in [4.78, 5) is 28.9.